The number of rotatable bonds is 7. The second kappa shape index (κ2) is 10.9. The van der Waals surface area contributed by atoms with Gasteiger partial charge in [-0.1, -0.05) is 22.0 Å². The van der Waals surface area contributed by atoms with Gasteiger partial charge in [0.2, 0.25) is 0 Å². The molecule has 0 saturated carbocycles. The lowest BCUT2D eigenvalue weighted by Gasteiger charge is -2.07. The van der Waals surface area contributed by atoms with Crippen molar-refractivity contribution < 1.29 is 19.1 Å². The third-order valence-corrected chi connectivity index (χ3v) is 5.17. The molecule has 0 aliphatic rings. The van der Waals surface area contributed by atoms with Gasteiger partial charge in [0.05, 0.1) is 16.3 Å². The summed E-state index contributed by atoms with van der Waals surface area (Å²) < 4.78 is 12.5. The SMILES string of the molecule is Cc1ccc(OCC(=O)NN=Cc2ccc(OC(=O)c3ccc(Br)cc3)cc2)c(Br)c1. The number of benzene rings is 3. The molecule has 3 aromatic rings. The Balaban J connectivity index is 1.47. The van der Waals surface area contributed by atoms with Crippen molar-refractivity contribution >= 4 is 50.0 Å². The second-order valence-electron chi connectivity index (χ2n) is 6.48. The van der Waals surface area contributed by atoms with Crippen molar-refractivity contribution in [2.75, 3.05) is 6.61 Å². The average molecular weight is 546 g/mol. The molecule has 3 rings (SSSR count). The molecule has 0 unspecified atom stereocenters. The van der Waals surface area contributed by atoms with Crippen molar-refractivity contribution in [1.82, 2.24) is 5.43 Å². The summed E-state index contributed by atoms with van der Waals surface area (Å²) in [7, 11) is 0. The fraction of sp³-hybridized carbons (Fsp3) is 0.0870. The number of ether oxygens (including phenoxy) is 2. The lowest BCUT2D eigenvalue weighted by Crippen LogP contribution is -2.24. The van der Waals surface area contributed by atoms with Gasteiger partial charge < -0.3 is 9.47 Å². The van der Waals surface area contributed by atoms with E-state index in [1.807, 2.05) is 19.1 Å². The van der Waals surface area contributed by atoms with Crippen LogP contribution in [0.25, 0.3) is 0 Å². The van der Waals surface area contributed by atoms with Crippen LogP contribution in [0, 0.1) is 6.92 Å². The van der Waals surface area contributed by atoms with Crippen molar-refractivity contribution in [1.29, 1.82) is 0 Å². The van der Waals surface area contributed by atoms with Crippen molar-refractivity contribution in [3.8, 4) is 11.5 Å². The van der Waals surface area contributed by atoms with Gasteiger partial charge in [-0.2, -0.15) is 5.10 Å². The predicted molar refractivity (Wildman–Crippen MR) is 126 cm³/mol. The minimum atomic E-state index is -0.443. The number of nitrogens with zero attached hydrogens (tertiary/aromatic N) is 1. The van der Waals surface area contributed by atoms with E-state index in [1.54, 1.807) is 54.6 Å². The van der Waals surface area contributed by atoms with E-state index in [2.05, 4.69) is 42.4 Å². The summed E-state index contributed by atoms with van der Waals surface area (Å²) in [6.45, 7) is 1.80. The fourth-order valence-corrected chi connectivity index (χ4v) is 3.32. The van der Waals surface area contributed by atoms with Gasteiger partial charge in [0.25, 0.3) is 5.91 Å². The van der Waals surface area contributed by atoms with Gasteiger partial charge in [0.1, 0.15) is 11.5 Å². The molecule has 0 radical (unpaired) electrons. The van der Waals surface area contributed by atoms with E-state index < -0.39 is 5.97 Å². The Morgan fingerprint density at radius 3 is 2.39 bits per heavy atom. The molecule has 8 heteroatoms. The van der Waals surface area contributed by atoms with Crippen LogP contribution in [-0.2, 0) is 4.79 Å². The third kappa shape index (κ3) is 7.04. The number of hydrogen-bond donors (Lipinski definition) is 1. The summed E-state index contributed by atoms with van der Waals surface area (Å²) in [5.74, 6) is 0.161. The first kappa shape index (κ1) is 22.7. The maximum atomic E-state index is 12.1. The normalized spacial score (nSPS) is 10.7. The van der Waals surface area contributed by atoms with Crippen LogP contribution in [0.2, 0.25) is 0 Å². The van der Waals surface area contributed by atoms with Crippen LogP contribution in [0.4, 0.5) is 0 Å². The van der Waals surface area contributed by atoms with Crippen LogP contribution in [0.3, 0.4) is 0 Å². The van der Waals surface area contributed by atoms with Crippen LogP contribution in [0.1, 0.15) is 21.5 Å². The molecule has 158 valence electrons. The van der Waals surface area contributed by atoms with Crippen molar-refractivity contribution in [3.05, 3.63) is 92.4 Å². The van der Waals surface area contributed by atoms with Crippen LogP contribution in [-0.4, -0.2) is 24.7 Å². The first-order valence-corrected chi connectivity index (χ1v) is 10.8. The monoisotopic (exact) mass is 544 g/mol. The maximum Gasteiger partial charge on any atom is 0.343 e. The number of carbonyl (C=O) groups is 2. The van der Waals surface area contributed by atoms with Gasteiger partial charge >= 0.3 is 5.97 Å². The van der Waals surface area contributed by atoms with Gasteiger partial charge in [0.15, 0.2) is 6.61 Å². The largest absolute Gasteiger partial charge is 0.483 e. The molecule has 3 aromatic carbocycles. The molecular weight excluding hydrogens is 528 g/mol. The Morgan fingerprint density at radius 2 is 1.71 bits per heavy atom. The number of halogens is 2. The molecule has 0 fully saturated rings. The number of aryl methyl sites for hydroxylation is 1. The molecule has 0 heterocycles. The summed E-state index contributed by atoms with van der Waals surface area (Å²) in [6, 6.07) is 19.2. The summed E-state index contributed by atoms with van der Waals surface area (Å²) >= 11 is 6.72. The average Bonchev–Trinajstić information content (AvgIpc) is 2.75. The minimum Gasteiger partial charge on any atom is -0.483 e. The van der Waals surface area contributed by atoms with Gasteiger partial charge in [-0.3, -0.25) is 4.79 Å². The van der Waals surface area contributed by atoms with Crippen molar-refractivity contribution in [2.45, 2.75) is 6.92 Å². The quantitative estimate of drug-likeness (QED) is 0.190. The highest BCUT2D eigenvalue weighted by molar-refractivity contribution is 9.10. The molecule has 0 spiro atoms. The highest BCUT2D eigenvalue weighted by Crippen LogP contribution is 2.25. The smallest absolute Gasteiger partial charge is 0.343 e. The molecule has 0 aliphatic heterocycles. The van der Waals surface area contributed by atoms with E-state index >= 15 is 0 Å². The van der Waals surface area contributed by atoms with Crippen molar-refractivity contribution in [3.63, 3.8) is 0 Å². The number of amides is 1. The molecule has 6 nitrogen and oxygen atoms in total. The molecule has 0 aliphatic carbocycles. The van der Waals surface area contributed by atoms with Crippen LogP contribution < -0.4 is 14.9 Å². The Kier molecular flexibility index (Phi) is 7.97. The van der Waals surface area contributed by atoms with Crippen LogP contribution in [0.5, 0.6) is 11.5 Å². The van der Waals surface area contributed by atoms with E-state index in [9.17, 15) is 9.59 Å². The lowest BCUT2D eigenvalue weighted by molar-refractivity contribution is -0.123. The van der Waals surface area contributed by atoms with Crippen molar-refractivity contribution in [2.24, 2.45) is 5.10 Å². The second-order valence-corrected chi connectivity index (χ2v) is 8.25. The standard InChI is InChI=1S/C23H18Br2N2O4/c1-15-2-11-21(20(25)12-15)30-14-22(28)27-26-13-16-3-9-19(10-4-16)31-23(29)17-5-7-18(24)8-6-17/h2-13H,14H2,1H3,(H,27,28). The van der Waals surface area contributed by atoms with Crippen LogP contribution in [0.15, 0.2) is 80.8 Å². The molecule has 0 saturated heterocycles. The fourth-order valence-electron chi connectivity index (χ4n) is 2.45. The summed E-state index contributed by atoms with van der Waals surface area (Å²) in [6.07, 6.45) is 1.49. The molecular formula is C23H18Br2N2O4. The van der Waals surface area contributed by atoms with E-state index in [-0.39, 0.29) is 12.5 Å². The molecule has 31 heavy (non-hydrogen) atoms. The Hall–Kier alpha value is -2.97. The highest BCUT2D eigenvalue weighted by Gasteiger charge is 2.08. The van der Waals surface area contributed by atoms with Gasteiger partial charge in [-0.15, -0.1) is 0 Å². The number of carbonyl (C=O) groups excluding carboxylic acids is 2. The summed E-state index contributed by atoms with van der Waals surface area (Å²) in [4.78, 5) is 24.0. The molecule has 1 amide bonds. The zero-order valence-electron chi connectivity index (χ0n) is 16.5. The van der Waals surface area contributed by atoms with Gasteiger partial charge in [0, 0.05) is 4.47 Å². The Labute approximate surface area is 196 Å². The van der Waals surface area contributed by atoms with E-state index in [0.717, 1.165) is 20.1 Å². The molecule has 0 bridgehead atoms. The Morgan fingerprint density at radius 1 is 1.00 bits per heavy atom. The topological polar surface area (TPSA) is 77.0 Å². The zero-order chi connectivity index (χ0) is 22.2. The number of esters is 1. The van der Waals surface area contributed by atoms with E-state index in [1.165, 1.54) is 6.21 Å². The molecule has 0 atom stereocenters. The van der Waals surface area contributed by atoms with Crippen LogP contribution >= 0.6 is 31.9 Å². The summed E-state index contributed by atoms with van der Waals surface area (Å²) in [5, 5.41) is 3.91. The van der Waals surface area contributed by atoms with E-state index in [4.69, 9.17) is 9.47 Å². The number of hydrazone groups is 1. The number of nitrogens with one attached hydrogen (secondary N) is 1. The van der Waals surface area contributed by atoms with Gasteiger partial charge in [-0.25, -0.2) is 10.2 Å². The summed E-state index contributed by atoms with van der Waals surface area (Å²) in [5.41, 5.74) is 4.67. The minimum absolute atomic E-state index is 0.163. The Bertz CT molecular complexity index is 1100. The third-order valence-electron chi connectivity index (χ3n) is 4.02. The highest BCUT2D eigenvalue weighted by atomic mass is 79.9. The van der Waals surface area contributed by atoms with Gasteiger partial charge in [-0.05, 0) is 94.6 Å². The molecule has 1 N–H and O–H groups in total. The maximum absolute atomic E-state index is 12.1. The lowest BCUT2D eigenvalue weighted by atomic mass is 10.2. The molecule has 0 aromatic heterocycles. The van der Waals surface area contributed by atoms with E-state index in [0.29, 0.717) is 17.1 Å². The predicted octanol–water partition coefficient (Wildman–Crippen LogP) is 5.27. The first-order valence-electron chi connectivity index (χ1n) is 9.19. The first-order chi connectivity index (χ1) is 14.9. The number of hydrogen-bond acceptors (Lipinski definition) is 5. The zero-order valence-corrected chi connectivity index (χ0v) is 19.6.